The first-order valence-corrected chi connectivity index (χ1v) is 6.28. The highest BCUT2D eigenvalue weighted by atomic mass is 35.5. The van der Waals surface area contributed by atoms with Gasteiger partial charge in [-0.2, -0.15) is 0 Å². The maximum atomic E-state index is 11.5. The maximum absolute atomic E-state index is 11.5. The summed E-state index contributed by atoms with van der Waals surface area (Å²) in [5, 5.41) is 0. The van der Waals surface area contributed by atoms with Crippen molar-refractivity contribution in [3.63, 3.8) is 0 Å². The van der Waals surface area contributed by atoms with Crippen molar-refractivity contribution >= 4 is 30.1 Å². The van der Waals surface area contributed by atoms with Gasteiger partial charge in [-0.1, -0.05) is 39.0 Å². The third kappa shape index (κ3) is 4.88. The smallest absolute Gasteiger partial charge is 0.327 e. The minimum absolute atomic E-state index is 0. The van der Waals surface area contributed by atoms with E-state index in [0.717, 1.165) is 10.5 Å². The van der Waals surface area contributed by atoms with Crippen LogP contribution in [0.25, 0.3) is 0 Å². The molecule has 18 heavy (non-hydrogen) atoms. The number of carbonyl (C=O) groups is 1. The van der Waals surface area contributed by atoms with Crippen molar-refractivity contribution in [2.24, 2.45) is 5.73 Å². The van der Waals surface area contributed by atoms with Crippen LogP contribution >= 0.6 is 24.2 Å². The number of ether oxygens (including phenoxy) is 1. The molecular weight excluding hydrogens is 270 g/mol. The zero-order valence-electron chi connectivity index (χ0n) is 11.1. The van der Waals surface area contributed by atoms with Gasteiger partial charge in [0.15, 0.2) is 0 Å². The normalized spacial score (nSPS) is 12.5. The lowest BCUT2D eigenvalue weighted by Crippen LogP contribution is -2.23. The van der Waals surface area contributed by atoms with Crippen molar-refractivity contribution in [2.75, 3.05) is 7.11 Å². The van der Waals surface area contributed by atoms with E-state index in [9.17, 15) is 4.79 Å². The molecule has 0 spiro atoms. The number of halogens is 1. The van der Waals surface area contributed by atoms with E-state index in [0.29, 0.717) is 0 Å². The molecule has 0 bridgehead atoms. The minimum Gasteiger partial charge on any atom is -0.468 e. The standard InChI is InChI=1S/C13H19NO2S.ClH/c1-13(2,3)17-10-8-6-5-7-9(10)11(14)12(15)16-4;/h5-8,11H,14H2,1-4H3;1H/t11-;/m0./s1. The van der Waals surface area contributed by atoms with E-state index in [1.165, 1.54) is 7.11 Å². The number of nitrogens with two attached hydrogens (primary N) is 1. The second-order valence-electron chi connectivity index (χ2n) is 4.75. The maximum Gasteiger partial charge on any atom is 0.327 e. The van der Waals surface area contributed by atoms with Gasteiger partial charge in [0, 0.05) is 9.64 Å². The average molecular weight is 290 g/mol. The molecule has 0 aliphatic rings. The van der Waals surface area contributed by atoms with E-state index in [1.807, 2.05) is 24.3 Å². The Morgan fingerprint density at radius 3 is 2.39 bits per heavy atom. The highest BCUT2D eigenvalue weighted by molar-refractivity contribution is 8.00. The number of methoxy groups -OCH3 is 1. The van der Waals surface area contributed by atoms with Gasteiger partial charge in [0.05, 0.1) is 7.11 Å². The van der Waals surface area contributed by atoms with Crippen LogP contribution in [0.1, 0.15) is 32.4 Å². The molecule has 1 atom stereocenters. The SMILES string of the molecule is COC(=O)[C@@H](N)c1ccccc1SC(C)(C)C.Cl. The van der Waals surface area contributed by atoms with Gasteiger partial charge in [-0.05, 0) is 11.6 Å². The Kier molecular flexibility index (Phi) is 6.74. The Hall–Kier alpha value is -0.710. The van der Waals surface area contributed by atoms with Gasteiger partial charge in [0.25, 0.3) is 0 Å². The van der Waals surface area contributed by atoms with Crippen LogP contribution in [0.15, 0.2) is 29.2 Å². The van der Waals surface area contributed by atoms with Crippen LogP contribution in [0.2, 0.25) is 0 Å². The Bertz CT molecular complexity index is 404. The van der Waals surface area contributed by atoms with Gasteiger partial charge in [-0.15, -0.1) is 24.2 Å². The summed E-state index contributed by atoms with van der Waals surface area (Å²) in [5.74, 6) is -0.410. The zero-order chi connectivity index (χ0) is 13.1. The molecule has 0 amide bonds. The first-order valence-electron chi connectivity index (χ1n) is 5.46. The van der Waals surface area contributed by atoms with Crippen molar-refractivity contribution < 1.29 is 9.53 Å². The second-order valence-corrected chi connectivity index (χ2v) is 6.62. The lowest BCUT2D eigenvalue weighted by Gasteiger charge is -2.21. The quantitative estimate of drug-likeness (QED) is 0.686. The summed E-state index contributed by atoms with van der Waals surface area (Å²) in [6.07, 6.45) is 0. The summed E-state index contributed by atoms with van der Waals surface area (Å²) in [6, 6.07) is 6.96. The fourth-order valence-electron chi connectivity index (χ4n) is 1.41. The fourth-order valence-corrected chi connectivity index (χ4v) is 2.53. The predicted octanol–water partition coefficient (Wildman–Crippen LogP) is 3.17. The van der Waals surface area contributed by atoms with Crippen LogP contribution in [0.4, 0.5) is 0 Å². The molecule has 5 heteroatoms. The molecule has 1 aromatic carbocycles. The lowest BCUT2D eigenvalue weighted by molar-refractivity contribution is -0.142. The molecule has 102 valence electrons. The Balaban J connectivity index is 0.00000289. The molecule has 0 aliphatic carbocycles. The van der Waals surface area contributed by atoms with Crippen LogP contribution < -0.4 is 5.73 Å². The number of carbonyl (C=O) groups excluding carboxylic acids is 1. The Labute approximate surface area is 119 Å². The van der Waals surface area contributed by atoms with Gasteiger partial charge in [-0.3, -0.25) is 4.79 Å². The third-order valence-electron chi connectivity index (χ3n) is 2.13. The minimum atomic E-state index is -0.717. The van der Waals surface area contributed by atoms with E-state index in [1.54, 1.807) is 11.8 Å². The van der Waals surface area contributed by atoms with Crippen molar-refractivity contribution in [2.45, 2.75) is 36.5 Å². The van der Waals surface area contributed by atoms with E-state index in [4.69, 9.17) is 5.73 Å². The molecule has 0 aromatic heterocycles. The number of thioether (sulfide) groups is 1. The van der Waals surface area contributed by atoms with Crippen molar-refractivity contribution in [3.05, 3.63) is 29.8 Å². The van der Waals surface area contributed by atoms with Crippen LogP contribution in [0.5, 0.6) is 0 Å². The molecule has 1 aromatic rings. The lowest BCUT2D eigenvalue weighted by atomic mass is 10.1. The topological polar surface area (TPSA) is 52.3 Å². The monoisotopic (exact) mass is 289 g/mol. The molecule has 0 radical (unpaired) electrons. The van der Waals surface area contributed by atoms with Gasteiger partial charge >= 0.3 is 5.97 Å². The zero-order valence-corrected chi connectivity index (χ0v) is 12.7. The molecule has 0 unspecified atom stereocenters. The summed E-state index contributed by atoms with van der Waals surface area (Å²) in [6.45, 7) is 6.37. The number of rotatable bonds is 3. The van der Waals surface area contributed by atoms with Crippen molar-refractivity contribution in [1.29, 1.82) is 0 Å². The number of hydrogen-bond donors (Lipinski definition) is 1. The molecule has 0 heterocycles. The van der Waals surface area contributed by atoms with Crippen molar-refractivity contribution in [3.8, 4) is 0 Å². The summed E-state index contributed by atoms with van der Waals surface area (Å²) < 4.78 is 4.75. The van der Waals surface area contributed by atoms with Crippen LogP contribution in [0.3, 0.4) is 0 Å². The number of hydrogen-bond acceptors (Lipinski definition) is 4. The van der Waals surface area contributed by atoms with Crippen molar-refractivity contribution in [1.82, 2.24) is 0 Å². The summed E-state index contributed by atoms with van der Waals surface area (Å²) in [5.41, 5.74) is 6.70. The van der Waals surface area contributed by atoms with Gasteiger partial charge in [0.2, 0.25) is 0 Å². The highest BCUT2D eigenvalue weighted by Crippen LogP contribution is 2.35. The summed E-state index contributed by atoms with van der Waals surface area (Å²) >= 11 is 1.70. The van der Waals surface area contributed by atoms with E-state index >= 15 is 0 Å². The predicted molar refractivity (Wildman–Crippen MR) is 78.2 cm³/mol. The fraction of sp³-hybridized carbons (Fsp3) is 0.462. The summed E-state index contributed by atoms with van der Waals surface area (Å²) in [4.78, 5) is 12.5. The van der Waals surface area contributed by atoms with Gasteiger partial charge in [-0.25, -0.2) is 0 Å². The molecule has 0 aliphatic heterocycles. The van der Waals surface area contributed by atoms with Crippen LogP contribution in [0, 0.1) is 0 Å². The molecule has 0 saturated carbocycles. The third-order valence-corrected chi connectivity index (χ3v) is 3.33. The number of benzene rings is 1. The largest absolute Gasteiger partial charge is 0.468 e. The van der Waals surface area contributed by atoms with E-state index < -0.39 is 12.0 Å². The summed E-state index contributed by atoms with van der Waals surface area (Å²) in [7, 11) is 1.35. The van der Waals surface area contributed by atoms with Gasteiger partial charge in [0.1, 0.15) is 6.04 Å². The Morgan fingerprint density at radius 2 is 1.89 bits per heavy atom. The second kappa shape index (κ2) is 7.02. The molecule has 2 N–H and O–H groups in total. The average Bonchev–Trinajstić information content (AvgIpc) is 2.25. The Morgan fingerprint density at radius 1 is 1.33 bits per heavy atom. The highest BCUT2D eigenvalue weighted by Gasteiger charge is 2.22. The van der Waals surface area contributed by atoms with E-state index in [2.05, 4.69) is 25.5 Å². The number of esters is 1. The van der Waals surface area contributed by atoms with Crippen LogP contribution in [-0.4, -0.2) is 17.8 Å². The molecule has 1 rings (SSSR count). The molecule has 0 saturated heterocycles. The van der Waals surface area contributed by atoms with Gasteiger partial charge < -0.3 is 10.5 Å². The van der Waals surface area contributed by atoms with Crippen LogP contribution in [-0.2, 0) is 9.53 Å². The molecular formula is C13H20ClNO2S. The first-order chi connectivity index (χ1) is 7.85. The van der Waals surface area contributed by atoms with E-state index in [-0.39, 0.29) is 17.2 Å². The molecule has 0 fully saturated rings. The molecule has 3 nitrogen and oxygen atoms in total. The first kappa shape index (κ1) is 17.3.